The number of hydrogen-bond acceptors (Lipinski definition) is 3. The molecule has 3 N–H and O–H groups in total. The number of hydrogen-bond donors (Lipinski definition) is 3. The van der Waals surface area contributed by atoms with Crippen molar-refractivity contribution in [1.29, 1.82) is 0 Å². The smallest absolute Gasteiger partial charge is 0.315 e. The summed E-state index contributed by atoms with van der Waals surface area (Å²) in [7, 11) is 0. The van der Waals surface area contributed by atoms with Gasteiger partial charge in [0.25, 0.3) is 0 Å². The van der Waals surface area contributed by atoms with E-state index < -0.39 is 6.10 Å². The Morgan fingerprint density at radius 1 is 1.45 bits per heavy atom. The van der Waals surface area contributed by atoms with Gasteiger partial charge in [-0.05, 0) is 54.0 Å². The average molecular weight is 296 g/mol. The number of carbonyl (C=O) groups excluding carboxylic acids is 1. The molecule has 20 heavy (non-hydrogen) atoms. The first-order valence-electron chi connectivity index (χ1n) is 7.43. The molecule has 1 heterocycles. The van der Waals surface area contributed by atoms with Crippen molar-refractivity contribution in [3.8, 4) is 0 Å². The van der Waals surface area contributed by atoms with Gasteiger partial charge in [0.15, 0.2) is 0 Å². The first-order chi connectivity index (χ1) is 9.69. The first kappa shape index (κ1) is 15.3. The van der Waals surface area contributed by atoms with Crippen molar-refractivity contribution in [2.75, 3.05) is 6.54 Å². The molecule has 112 valence electrons. The third-order valence-electron chi connectivity index (χ3n) is 4.14. The molecular formula is C15H24N2O2S. The van der Waals surface area contributed by atoms with Crippen LogP contribution < -0.4 is 10.6 Å². The summed E-state index contributed by atoms with van der Waals surface area (Å²) in [5.41, 5.74) is 0.860. The molecule has 2 amide bonds. The van der Waals surface area contributed by atoms with Crippen molar-refractivity contribution >= 4 is 17.4 Å². The van der Waals surface area contributed by atoms with Gasteiger partial charge >= 0.3 is 6.03 Å². The van der Waals surface area contributed by atoms with Crippen LogP contribution in [-0.2, 0) is 0 Å². The number of amides is 2. The third-order valence-corrected chi connectivity index (χ3v) is 4.84. The number of thiophene rings is 1. The fraction of sp³-hybridized carbons (Fsp3) is 0.667. The summed E-state index contributed by atoms with van der Waals surface area (Å²) >= 11 is 1.54. The predicted molar refractivity (Wildman–Crippen MR) is 81.9 cm³/mol. The second-order valence-corrected chi connectivity index (χ2v) is 6.33. The maximum Gasteiger partial charge on any atom is 0.315 e. The molecule has 1 aromatic rings. The van der Waals surface area contributed by atoms with Crippen LogP contribution in [0.1, 0.15) is 50.7 Å². The summed E-state index contributed by atoms with van der Waals surface area (Å²) in [5, 5.41) is 19.5. The van der Waals surface area contributed by atoms with Gasteiger partial charge in [-0.1, -0.05) is 13.3 Å². The largest absolute Gasteiger partial charge is 0.387 e. The third kappa shape index (κ3) is 4.49. The SMILES string of the molecule is CCC1CCC(NC(=O)NCC(O)c2ccsc2)CC1. The Bertz CT molecular complexity index is 400. The van der Waals surface area contributed by atoms with Gasteiger partial charge in [-0.15, -0.1) is 0 Å². The molecule has 1 unspecified atom stereocenters. The van der Waals surface area contributed by atoms with Gasteiger partial charge in [-0.2, -0.15) is 11.3 Å². The second-order valence-electron chi connectivity index (χ2n) is 5.55. The standard InChI is InChI=1S/C15H24N2O2S/c1-2-11-3-5-13(6-4-11)17-15(19)16-9-14(18)12-7-8-20-10-12/h7-8,10-11,13-14,18H,2-6,9H2,1H3,(H2,16,17,19). The van der Waals surface area contributed by atoms with Crippen LogP contribution in [0.5, 0.6) is 0 Å². The van der Waals surface area contributed by atoms with E-state index in [1.165, 1.54) is 19.3 Å². The van der Waals surface area contributed by atoms with Crippen LogP contribution in [-0.4, -0.2) is 23.7 Å². The quantitative estimate of drug-likeness (QED) is 0.782. The van der Waals surface area contributed by atoms with Crippen molar-refractivity contribution in [3.63, 3.8) is 0 Å². The Balaban J connectivity index is 1.66. The van der Waals surface area contributed by atoms with Gasteiger partial charge in [0.2, 0.25) is 0 Å². The Morgan fingerprint density at radius 2 is 2.20 bits per heavy atom. The maximum absolute atomic E-state index is 11.8. The van der Waals surface area contributed by atoms with Crippen LogP contribution in [0.15, 0.2) is 16.8 Å². The van der Waals surface area contributed by atoms with Crippen LogP contribution in [0.3, 0.4) is 0 Å². The Kier molecular flexibility index (Phi) is 5.86. The lowest BCUT2D eigenvalue weighted by Crippen LogP contribution is -2.44. The van der Waals surface area contributed by atoms with E-state index in [0.717, 1.165) is 24.3 Å². The highest BCUT2D eigenvalue weighted by Gasteiger charge is 2.21. The van der Waals surface area contributed by atoms with E-state index in [9.17, 15) is 9.90 Å². The molecule has 0 bridgehead atoms. The van der Waals surface area contributed by atoms with Crippen molar-refractivity contribution < 1.29 is 9.90 Å². The molecule has 0 radical (unpaired) electrons. The van der Waals surface area contributed by atoms with E-state index in [0.29, 0.717) is 0 Å². The van der Waals surface area contributed by atoms with Crippen LogP contribution in [0, 0.1) is 5.92 Å². The minimum Gasteiger partial charge on any atom is -0.387 e. The molecule has 0 saturated heterocycles. The number of aliphatic hydroxyl groups is 1. The van der Waals surface area contributed by atoms with Gasteiger partial charge in [-0.3, -0.25) is 0 Å². The van der Waals surface area contributed by atoms with Crippen molar-refractivity contribution in [2.45, 2.75) is 51.2 Å². The first-order valence-corrected chi connectivity index (χ1v) is 8.37. The molecule has 0 aromatic carbocycles. The topological polar surface area (TPSA) is 61.4 Å². The molecular weight excluding hydrogens is 272 g/mol. The molecule has 1 aliphatic rings. The maximum atomic E-state index is 11.8. The molecule has 1 aromatic heterocycles. The molecule has 0 aliphatic heterocycles. The van der Waals surface area contributed by atoms with Gasteiger partial charge in [0, 0.05) is 12.6 Å². The van der Waals surface area contributed by atoms with E-state index in [4.69, 9.17) is 0 Å². The van der Waals surface area contributed by atoms with Crippen molar-refractivity contribution in [1.82, 2.24) is 10.6 Å². The van der Waals surface area contributed by atoms with Gasteiger partial charge in [-0.25, -0.2) is 4.79 Å². The zero-order valence-corrected chi connectivity index (χ0v) is 12.8. The van der Waals surface area contributed by atoms with Crippen LogP contribution in [0.2, 0.25) is 0 Å². The minimum atomic E-state index is -0.622. The lowest BCUT2D eigenvalue weighted by Gasteiger charge is -2.28. The lowest BCUT2D eigenvalue weighted by atomic mass is 9.85. The number of nitrogens with one attached hydrogen (secondary N) is 2. The summed E-state index contributed by atoms with van der Waals surface area (Å²) in [4.78, 5) is 11.8. The van der Waals surface area contributed by atoms with E-state index in [2.05, 4.69) is 17.6 Å². The number of carbonyl (C=O) groups is 1. The summed E-state index contributed by atoms with van der Waals surface area (Å²) < 4.78 is 0. The van der Waals surface area contributed by atoms with Gasteiger partial charge in [0.1, 0.15) is 0 Å². The highest BCUT2D eigenvalue weighted by Crippen LogP contribution is 2.26. The highest BCUT2D eigenvalue weighted by molar-refractivity contribution is 7.07. The minimum absolute atomic E-state index is 0.167. The summed E-state index contributed by atoms with van der Waals surface area (Å²) in [6, 6.07) is 2.00. The molecule has 1 aliphatic carbocycles. The van der Waals surface area contributed by atoms with Gasteiger partial charge in [0.05, 0.1) is 6.10 Å². The molecule has 1 saturated carbocycles. The summed E-state index contributed by atoms with van der Waals surface area (Å²) in [6.07, 6.45) is 5.17. The molecule has 1 fully saturated rings. The fourth-order valence-corrected chi connectivity index (χ4v) is 3.43. The average Bonchev–Trinajstić information content (AvgIpc) is 3.00. The van der Waals surface area contributed by atoms with Gasteiger partial charge < -0.3 is 15.7 Å². The van der Waals surface area contributed by atoms with Crippen molar-refractivity contribution in [2.24, 2.45) is 5.92 Å². The number of urea groups is 1. The molecule has 0 spiro atoms. The number of rotatable bonds is 5. The lowest BCUT2D eigenvalue weighted by molar-refractivity contribution is 0.171. The molecule has 1 atom stereocenters. The zero-order valence-electron chi connectivity index (χ0n) is 12.0. The van der Waals surface area contributed by atoms with Crippen LogP contribution in [0.4, 0.5) is 4.79 Å². The predicted octanol–water partition coefficient (Wildman–Crippen LogP) is 3.05. The van der Waals surface area contributed by atoms with Crippen molar-refractivity contribution in [3.05, 3.63) is 22.4 Å². The Labute approximate surface area is 124 Å². The zero-order chi connectivity index (χ0) is 14.4. The van der Waals surface area contributed by atoms with E-state index >= 15 is 0 Å². The Hall–Kier alpha value is -1.07. The molecule has 4 nitrogen and oxygen atoms in total. The monoisotopic (exact) mass is 296 g/mol. The molecule has 5 heteroatoms. The second kappa shape index (κ2) is 7.64. The fourth-order valence-electron chi connectivity index (χ4n) is 2.72. The normalized spacial score (nSPS) is 24.1. The Morgan fingerprint density at radius 3 is 2.80 bits per heavy atom. The highest BCUT2D eigenvalue weighted by atomic mass is 32.1. The van der Waals surface area contributed by atoms with Crippen LogP contribution in [0.25, 0.3) is 0 Å². The van der Waals surface area contributed by atoms with E-state index in [-0.39, 0.29) is 18.6 Å². The van der Waals surface area contributed by atoms with E-state index in [1.807, 2.05) is 16.8 Å². The summed E-state index contributed by atoms with van der Waals surface area (Å²) in [6.45, 7) is 2.49. The molecule has 2 rings (SSSR count). The van der Waals surface area contributed by atoms with Crippen LogP contribution >= 0.6 is 11.3 Å². The number of aliphatic hydroxyl groups excluding tert-OH is 1. The van der Waals surface area contributed by atoms with E-state index in [1.54, 1.807) is 11.3 Å². The summed E-state index contributed by atoms with van der Waals surface area (Å²) in [5.74, 6) is 0.830.